The fraction of sp³-hybridized carbons (Fsp3) is 0.300. The first-order valence-corrected chi connectivity index (χ1v) is 8.70. The van der Waals surface area contributed by atoms with Gasteiger partial charge in [0.15, 0.2) is 0 Å². The van der Waals surface area contributed by atoms with Gasteiger partial charge in [0.05, 0.1) is 25.2 Å². The molecule has 5 nitrogen and oxygen atoms in total. The Morgan fingerprint density at radius 3 is 2.84 bits per heavy atom. The Balaban J connectivity index is 1.49. The normalized spacial score (nSPS) is 13.7. The third kappa shape index (κ3) is 3.28. The molecule has 128 valence electrons. The number of imidazole rings is 1. The molecule has 1 aliphatic heterocycles. The van der Waals surface area contributed by atoms with Gasteiger partial charge in [-0.3, -0.25) is 4.98 Å². The molecule has 3 heterocycles. The highest BCUT2D eigenvalue weighted by Gasteiger charge is 2.22. The monoisotopic (exact) mass is 334 g/mol. The molecule has 5 heteroatoms. The highest BCUT2D eigenvalue weighted by Crippen LogP contribution is 2.26. The minimum absolute atomic E-state index is 0.0120. The lowest BCUT2D eigenvalue weighted by Gasteiger charge is -2.30. The molecule has 0 aliphatic carbocycles. The molecular weight excluding hydrogens is 312 g/mol. The van der Waals surface area contributed by atoms with Crippen molar-refractivity contribution in [1.29, 1.82) is 0 Å². The molecule has 0 spiro atoms. The van der Waals surface area contributed by atoms with Crippen LogP contribution in [-0.4, -0.2) is 26.2 Å². The molecule has 25 heavy (non-hydrogen) atoms. The summed E-state index contributed by atoms with van der Waals surface area (Å²) in [5.74, 6) is 0. The molecule has 0 unspecified atom stereocenters. The zero-order valence-corrected chi connectivity index (χ0v) is 14.2. The van der Waals surface area contributed by atoms with Gasteiger partial charge in [0.25, 0.3) is 0 Å². The number of fused-ring (bicyclic) bond motifs is 1. The van der Waals surface area contributed by atoms with E-state index in [1.54, 1.807) is 12.4 Å². The standard InChI is InChI=1S/C20H22N4O/c25-14-17-12-21-9-6-19(17)23-11-8-20-18(13-23)22-15-24(20)10-7-16-4-2-1-3-5-16/h1-6,9,12,15,25H,7-8,10-11,13-14H2. The maximum Gasteiger partial charge on any atom is 0.0952 e. The van der Waals surface area contributed by atoms with E-state index in [0.717, 1.165) is 49.4 Å². The van der Waals surface area contributed by atoms with Crippen molar-refractivity contribution in [2.24, 2.45) is 0 Å². The van der Waals surface area contributed by atoms with Gasteiger partial charge >= 0.3 is 0 Å². The van der Waals surface area contributed by atoms with E-state index < -0.39 is 0 Å². The second kappa shape index (κ2) is 7.07. The summed E-state index contributed by atoms with van der Waals surface area (Å²) >= 11 is 0. The van der Waals surface area contributed by atoms with Crippen molar-refractivity contribution < 1.29 is 5.11 Å². The van der Waals surface area contributed by atoms with Crippen LogP contribution in [0.3, 0.4) is 0 Å². The van der Waals surface area contributed by atoms with Gasteiger partial charge in [-0.2, -0.15) is 0 Å². The summed E-state index contributed by atoms with van der Waals surface area (Å²) < 4.78 is 2.29. The van der Waals surface area contributed by atoms with Crippen LogP contribution < -0.4 is 4.90 Å². The third-order valence-electron chi connectivity index (χ3n) is 4.87. The zero-order valence-electron chi connectivity index (χ0n) is 14.2. The van der Waals surface area contributed by atoms with Crippen LogP contribution in [0, 0.1) is 0 Å². The number of hydrogen-bond acceptors (Lipinski definition) is 4. The summed E-state index contributed by atoms with van der Waals surface area (Å²) in [4.78, 5) is 11.0. The van der Waals surface area contributed by atoms with Gasteiger partial charge in [-0.05, 0) is 18.1 Å². The van der Waals surface area contributed by atoms with Crippen LogP contribution >= 0.6 is 0 Å². The molecule has 1 aromatic carbocycles. The van der Waals surface area contributed by atoms with E-state index in [0.29, 0.717) is 0 Å². The average molecular weight is 334 g/mol. The molecule has 0 amide bonds. The first kappa shape index (κ1) is 15.8. The third-order valence-corrected chi connectivity index (χ3v) is 4.87. The molecule has 0 saturated heterocycles. The van der Waals surface area contributed by atoms with Gasteiger partial charge in [0.2, 0.25) is 0 Å². The van der Waals surface area contributed by atoms with E-state index in [4.69, 9.17) is 0 Å². The van der Waals surface area contributed by atoms with Crippen LogP contribution in [0.25, 0.3) is 0 Å². The first-order chi connectivity index (χ1) is 12.3. The van der Waals surface area contributed by atoms with Crippen LogP contribution in [0.1, 0.15) is 22.5 Å². The van der Waals surface area contributed by atoms with Gasteiger partial charge in [-0.1, -0.05) is 30.3 Å². The Hall–Kier alpha value is -2.66. The number of hydrogen-bond donors (Lipinski definition) is 1. The van der Waals surface area contributed by atoms with Crippen molar-refractivity contribution in [3.8, 4) is 0 Å². The Morgan fingerprint density at radius 2 is 2.00 bits per heavy atom. The van der Waals surface area contributed by atoms with Gasteiger partial charge in [-0.25, -0.2) is 4.98 Å². The van der Waals surface area contributed by atoms with Crippen LogP contribution in [0.2, 0.25) is 0 Å². The molecule has 1 N–H and O–H groups in total. The number of aryl methyl sites for hydroxylation is 2. The van der Waals surface area contributed by atoms with Crippen molar-refractivity contribution in [2.75, 3.05) is 11.4 Å². The first-order valence-electron chi connectivity index (χ1n) is 8.70. The topological polar surface area (TPSA) is 54.2 Å². The number of benzene rings is 1. The van der Waals surface area contributed by atoms with E-state index >= 15 is 0 Å². The zero-order chi connectivity index (χ0) is 17.1. The smallest absolute Gasteiger partial charge is 0.0952 e. The Bertz CT molecular complexity index is 844. The predicted octanol–water partition coefficient (Wildman–Crippen LogP) is 2.58. The summed E-state index contributed by atoms with van der Waals surface area (Å²) in [5, 5.41) is 9.54. The van der Waals surface area contributed by atoms with Crippen LogP contribution in [0.15, 0.2) is 55.1 Å². The fourth-order valence-corrected chi connectivity index (χ4v) is 3.51. The lowest BCUT2D eigenvalue weighted by molar-refractivity contribution is 0.281. The minimum Gasteiger partial charge on any atom is -0.392 e. The molecule has 0 fully saturated rings. The fourth-order valence-electron chi connectivity index (χ4n) is 3.51. The van der Waals surface area contributed by atoms with Crippen LogP contribution in [0.4, 0.5) is 5.69 Å². The summed E-state index contributed by atoms with van der Waals surface area (Å²) in [6.45, 7) is 2.69. The molecule has 0 bridgehead atoms. The van der Waals surface area contributed by atoms with E-state index in [9.17, 15) is 5.11 Å². The molecule has 4 rings (SSSR count). The maximum absolute atomic E-state index is 9.54. The Labute approximate surface area is 147 Å². The van der Waals surface area contributed by atoms with Gasteiger partial charge in [0, 0.05) is 48.8 Å². The van der Waals surface area contributed by atoms with E-state index in [1.165, 1.54) is 11.3 Å². The quantitative estimate of drug-likeness (QED) is 0.779. The van der Waals surface area contributed by atoms with E-state index in [2.05, 4.69) is 49.8 Å². The highest BCUT2D eigenvalue weighted by molar-refractivity contribution is 5.53. The summed E-state index contributed by atoms with van der Waals surface area (Å²) in [7, 11) is 0. The van der Waals surface area contributed by atoms with Gasteiger partial charge in [-0.15, -0.1) is 0 Å². The Morgan fingerprint density at radius 1 is 1.12 bits per heavy atom. The number of aliphatic hydroxyl groups is 1. The summed E-state index contributed by atoms with van der Waals surface area (Å²) in [6.07, 6.45) is 7.48. The number of aromatic nitrogens is 3. The van der Waals surface area contributed by atoms with Crippen molar-refractivity contribution in [3.05, 3.63) is 77.6 Å². The second-order valence-corrected chi connectivity index (χ2v) is 6.40. The molecule has 2 aromatic heterocycles. The van der Waals surface area contributed by atoms with Crippen LogP contribution in [-0.2, 0) is 32.5 Å². The molecule has 3 aromatic rings. The van der Waals surface area contributed by atoms with Crippen molar-refractivity contribution in [3.63, 3.8) is 0 Å². The maximum atomic E-state index is 9.54. The average Bonchev–Trinajstić information content (AvgIpc) is 3.09. The second-order valence-electron chi connectivity index (χ2n) is 6.40. The SMILES string of the molecule is OCc1cnccc1N1CCc2c(ncn2CCc2ccccc2)C1. The summed E-state index contributed by atoms with van der Waals surface area (Å²) in [6, 6.07) is 12.5. The van der Waals surface area contributed by atoms with Gasteiger partial charge < -0.3 is 14.6 Å². The molecule has 0 atom stereocenters. The summed E-state index contributed by atoms with van der Waals surface area (Å²) in [5.41, 5.74) is 5.76. The minimum atomic E-state index is 0.0120. The highest BCUT2D eigenvalue weighted by atomic mass is 16.3. The number of pyridine rings is 1. The van der Waals surface area contributed by atoms with Crippen LogP contribution in [0.5, 0.6) is 0 Å². The van der Waals surface area contributed by atoms with Crippen molar-refractivity contribution in [2.45, 2.75) is 32.5 Å². The number of rotatable bonds is 5. The molecular formula is C20H22N4O. The number of nitrogens with zero attached hydrogens (tertiary/aromatic N) is 4. The lowest BCUT2D eigenvalue weighted by atomic mass is 10.1. The molecule has 0 radical (unpaired) electrons. The largest absolute Gasteiger partial charge is 0.392 e. The molecule has 1 aliphatic rings. The van der Waals surface area contributed by atoms with Crippen molar-refractivity contribution in [1.82, 2.24) is 14.5 Å². The van der Waals surface area contributed by atoms with E-state index in [1.807, 2.05) is 12.4 Å². The van der Waals surface area contributed by atoms with E-state index in [-0.39, 0.29) is 6.61 Å². The number of anilines is 1. The predicted molar refractivity (Wildman–Crippen MR) is 97.3 cm³/mol. The van der Waals surface area contributed by atoms with Gasteiger partial charge in [0.1, 0.15) is 0 Å². The molecule has 0 saturated carbocycles. The number of aliphatic hydroxyl groups excluding tert-OH is 1. The van der Waals surface area contributed by atoms with Crippen molar-refractivity contribution >= 4 is 5.69 Å². The Kier molecular flexibility index (Phi) is 4.48. The lowest BCUT2D eigenvalue weighted by Crippen LogP contribution is -2.32.